The summed E-state index contributed by atoms with van der Waals surface area (Å²) in [6.45, 7) is 1.99. The number of carboxylic acid groups (broad SMARTS) is 1. The average Bonchev–Trinajstić information content (AvgIpc) is 2.82. The second kappa shape index (κ2) is 12.0. The Balaban J connectivity index is 1.71. The van der Waals surface area contributed by atoms with Crippen molar-refractivity contribution in [1.82, 2.24) is 9.21 Å². The lowest BCUT2D eigenvalue weighted by Crippen LogP contribution is -2.60. The predicted octanol–water partition coefficient (Wildman–Crippen LogP) is 4.76. The first-order valence-corrected chi connectivity index (χ1v) is 13.9. The van der Waals surface area contributed by atoms with E-state index in [1.54, 1.807) is 12.1 Å². The number of piperazine rings is 1. The van der Waals surface area contributed by atoms with E-state index in [0.717, 1.165) is 52.0 Å². The van der Waals surface area contributed by atoms with E-state index in [9.17, 15) is 23.1 Å². The lowest BCUT2D eigenvalue weighted by Gasteiger charge is -2.38. The molecule has 1 fully saturated rings. The maximum absolute atomic E-state index is 13.3. The van der Waals surface area contributed by atoms with Gasteiger partial charge in [0.15, 0.2) is 0 Å². The minimum absolute atomic E-state index is 0.0308. The largest absolute Gasteiger partial charge is 0.480 e. The van der Waals surface area contributed by atoms with Crippen molar-refractivity contribution in [2.24, 2.45) is 0 Å². The van der Waals surface area contributed by atoms with Crippen LogP contribution in [0.15, 0.2) is 57.9 Å². The molecule has 1 N–H and O–H groups in total. The summed E-state index contributed by atoms with van der Waals surface area (Å²) in [4.78, 5) is 26.1. The zero-order valence-electron chi connectivity index (χ0n) is 19.3. The van der Waals surface area contributed by atoms with Crippen molar-refractivity contribution in [2.45, 2.75) is 56.4 Å². The Morgan fingerprint density at radius 1 is 0.971 bits per heavy atom. The van der Waals surface area contributed by atoms with Gasteiger partial charge in [0, 0.05) is 17.6 Å². The molecule has 1 unspecified atom stereocenters. The van der Waals surface area contributed by atoms with Crippen LogP contribution < -0.4 is 0 Å². The number of carbonyl (C=O) groups excluding carboxylic acids is 1. The second-order valence-corrected chi connectivity index (χ2v) is 11.3. The minimum Gasteiger partial charge on any atom is -0.480 e. The molecule has 9 heteroatoms. The third kappa shape index (κ3) is 6.46. The van der Waals surface area contributed by atoms with Gasteiger partial charge in [-0.3, -0.25) is 9.59 Å². The molecule has 0 spiro atoms. The summed E-state index contributed by atoms with van der Waals surface area (Å²) in [6.07, 6.45) is 6.31. The van der Waals surface area contributed by atoms with E-state index in [1.165, 1.54) is 23.5 Å². The number of unbranched alkanes of at least 4 members (excludes halogenated alkanes) is 5. The molecule has 2 aromatic rings. The molecule has 1 aliphatic heterocycles. The molecule has 0 bridgehead atoms. The Morgan fingerprint density at radius 3 is 2.12 bits per heavy atom. The van der Waals surface area contributed by atoms with Crippen LogP contribution in [0.3, 0.4) is 0 Å². The smallest absolute Gasteiger partial charge is 0.323 e. The molecule has 1 heterocycles. The molecule has 0 aliphatic carbocycles. The van der Waals surface area contributed by atoms with Gasteiger partial charge in [-0.05, 0) is 41.8 Å². The highest BCUT2D eigenvalue weighted by molar-refractivity contribution is 9.10. The molecule has 1 amide bonds. The van der Waals surface area contributed by atoms with Crippen molar-refractivity contribution in [3.63, 3.8) is 0 Å². The summed E-state index contributed by atoms with van der Waals surface area (Å²) in [5, 5.41) is 9.76. The van der Waals surface area contributed by atoms with Crippen molar-refractivity contribution < 1.29 is 23.1 Å². The number of rotatable bonds is 11. The Labute approximate surface area is 209 Å². The number of aliphatic carboxylic acids is 1. The molecule has 0 saturated carbocycles. The number of carbonyl (C=O) groups is 2. The van der Waals surface area contributed by atoms with Crippen LogP contribution in [0.2, 0.25) is 0 Å². The van der Waals surface area contributed by atoms with E-state index < -0.39 is 28.6 Å². The van der Waals surface area contributed by atoms with Crippen molar-refractivity contribution in [2.75, 3.05) is 19.6 Å². The number of halogens is 1. The van der Waals surface area contributed by atoms with Gasteiger partial charge in [-0.15, -0.1) is 0 Å². The highest BCUT2D eigenvalue weighted by atomic mass is 79.9. The van der Waals surface area contributed by atoms with Gasteiger partial charge < -0.3 is 10.0 Å². The highest BCUT2D eigenvalue weighted by Crippen LogP contribution is 2.27. The van der Waals surface area contributed by atoms with Crippen molar-refractivity contribution in [1.29, 1.82) is 0 Å². The number of nitrogens with zero attached hydrogens (tertiary/aromatic N) is 2. The molecule has 0 aromatic heterocycles. The number of sulfonamides is 1. The normalized spacial score (nSPS) is 17.2. The molecule has 0 radical (unpaired) electrons. The van der Waals surface area contributed by atoms with Crippen molar-refractivity contribution >= 4 is 37.8 Å². The monoisotopic (exact) mass is 550 g/mol. The maximum atomic E-state index is 13.3. The molecule has 2 aromatic carbocycles. The quantitative estimate of drug-likeness (QED) is 0.407. The van der Waals surface area contributed by atoms with E-state index in [1.807, 2.05) is 24.3 Å². The van der Waals surface area contributed by atoms with Crippen LogP contribution in [0.5, 0.6) is 0 Å². The standard InChI is InChI=1S/C25H31BrN2O5S/c1-2-3-4-5-6-7-16-27-17-23(25(30)31)28(18-24(27)29)34(32,33)22-14-10-20(11-15-22)19-8-12-21(26)13-9-19/h8-15,23H,2-7,16-18H2,1H3,(H,30,31). The minimum atomic E-state index is -4.16. The second-order valence-electron chi connectivity index (χ2n) is 8.54. The zero-order valence-corrected chi connectivity index (χ0v) is 21.7. The summed E-state index contributed by atoms with van der Waals surface area (Å²) in [5.74, 6) is -1.61. The Morgan fingerprint density at radius 2 is 1.53 bits per heavy atom. The molecular formula is C25H31BrN2O5S. The lowest BCUT2D eigenvalue weighted by atomic mass is 10.1. The number of hydrogen-bond acceptors (Lipinski definition) is 4. The molecule has 7 nitrogen and oxygen atoms in total. The number of benzene rings is 2. The van der Waals surface area contributed by atoms with E-state index in [0.29, 0.717) is 6.54 Å². The summed E-state index contributed by atoms with van der Waals surface area (Å²) in [6, 6.07) is 12.6. The molecule has 3 rings (SSSR count). The van der Waals surface area contributed by atoms with Crippen LogP contribution in [0.25, 0.3) is 11.1 Å². The number of carboxylic acids is 1. The van der Waals surface area contributed by atoms with Crippen molar-refractivity contribution in [3.05, 3.63) is 53.0 Å². The number of hydrogen-bond donors (Lipinski definition) is 1. The van der Waals surface area contributed by atoms with Gasteiger partial charge >= 0.3 is 5.97 Å². The zero-order chi connectivity index (χ0) is 24.7. The topological polar surface area (TPSA) is 95.0 Å². The summed E-state index contributed by atoms with van der Waals surface area (Å²) >= 11 is 3.39. The van der Waals surface area contributed by atoms with Crippen LogP contribution in [0, 0.1) is 0 Å². The molecule has 1 aliphatic rings. The number of amides is 1. The first kappa shape index (κ1) is 26.4. The van der Waals surface area contributed by atoms with Gasteiger partial charge in [-0.1, -0.05) is 79.2 Å². The maximum Gasteiger partial charge on any atom is 0.323 e. The molecular weight excluding hydrogens is 520 g/mol. The van der Waals surface area contributed by atoms with Gasteiger partial charge in [0.1, 0.15) is 6.04 Å². The first-order chi connectivity index (χ1) is 16.2. The van der Waals surface area contributed by atoms with E-state index in [-0.39, 0.29) is 17.3 Å². The van der Waals surface area contributed by atoms with Crippen LogP contribution in [-0.2, 0) is 19.6 Å². The fraction of sp³-hybridized carbons (Fsp3) is 0.440. The highest BCUT2D eigenvalue weighted by Gasteiger charge is 2.43. The lowest BCUT2D eigenvalue weighted by molar-refractivity contribution is -0.148. The predicted molar refractivity (Wildman–Crippen MR) is 135 cm³/mol. The molecule has 1 saturated heterocycles. The van der Waals surface area contributed by atoms with E-state index >= 15 is 0 Å². The summed E-state index contributed by atoms with van der Waals surface area (Å²) < 4.78 is 28.4. The van der Waals surface area contributed by atoms with Crippen LogP contribution in [0.1, 0.15) is 45.4 Å². The van der Waals surface area contributed by atoms with Gasteiger partial charge in [0.05, 0.1) is 11.4 Å². The Kier molecular flexibility index (Phi) is 9.27. The molecule has 1 atom stereocenters. The van der Waals surface area contributed by atoms with E-state index in [4.69, 9.17) is 0 Å². The van der Waals surface area contributed by atoms with Gasteiger partial charge in [-0.2, -0.15) is 4.31 Å². The van der Waals surface area contributed by atoms with Crippen LogP contribution in [0.4, 0.5) is 0 Å². The third-order valence-electron chi connectivity index (χ3n) is 6.09. The van der Waals surface area contributed by atoms with Crippen molar-refractivity contribution in [3.8, 4) is 11.1 Å². The van der Waals surface area contributed by atoms with Crippen LogP contribution >= 0.6 is 15.9 Å². The SMILES string of the molecule is CCCCCCCCN1CC(C(=O)O)N(S(=O)(=O)c2ccc(-c3ccc(Br)cc3)cc2)CC1=O. The van der Waals surface area contributed by atoms with E-state index in [2.05, 4.69) is 22.9 Å². The Hall–Kier alpha value is -2.23. The Bertz CT molecular complexity index is 1090. The first-order valence-electron chi connectivity index (χ1n) is 11.6. The third-order valence-corrected chi connectivity index (χ3v) is 8.49. The summed E-state index contributed by atoms with van der Waals surface area (Å²) in [7, 11) is -4.16. The van der Waals surface area contributed by atoms with Gasteiger partial charge in [-0.25, -0.2) is 8.42 Å². The average molecular weight is 552 g/mol. The fourth-order valence-corrected chi connectivity index (χ4v) is 5.88. The fourth-order valence-electron chi connectivity index (χ4n) is 4.09. The van der Waals surface area contributed by atoms with Gasteiger partial charge in [0.2, 0.25) is 15.9 Å². The molecule has 184 valence electrons. The molecule has 34 heavy (non-hydrogen) atoms. The summed E-state index contributed by atoms with van der Waals surface area (Å²) in [5.41, 5.74) is 1.76. The van der Waals surface area contributed by atoms with Crippen LogP contribution in [-0.4, -0.2) is 60.3 Å². The van der Waals surface area contributed by atoms with Gasteiger partial charge in [0.25, 0.3) is 0 Å².